The third-order valence-corrected chi connectivity index (χ3v) is 3.60. The van der Waals surface area contributed by atoms with Crippen LogP contribution in [0.2, 0.25) is 0 Å². The van der Waals surface area contributed by atoms with E-state index in [1.807, 2.05) is 0 Å². The van der Waals surface area contributed by atoms with Gasteiger partial charge in [-0.1, -0.05) is 0 Å². The molecule has 82 valence electrons. The molecule has 0 bridgehead atoms. The van der Waals surface area contributed by atoms with E-state index in [2.05, 4.69) is 0 Å². The Bertz CT molecular complexity index is 397. The van der Waals surface area contributed by atoms with Crippen molar-refractivity contribution in [1.82, 2.24) is 0 Å². The molecule has 1 aromatic rings. The van der Waals surface area contributed by atoms with Crippen molar-refractivity contribution < 1.29 is 51.0 Å². The third kappa shape index (κ3) is 5.34. The molecule has 0 fully saturated rings. The molecule has 0 aliphatic heterocycles. The Labute approximate surface area is 118 Å². The van der Waals surface area contributed by atoms with Crippen molar-refractivity contribution in [3.63, 3.8) is 0 Å². The number of rotatable bonds is 4. The molecule has 0 heterocycles. The van der Waals surface area contributed by atoms with Crippen LogP contribution in [-0.4, -0.2) is 30.7 Å². The van der Waals surface area contributed by atoms with E-state index in [4.69, 9.17) is 8.83 Å². The van der Waals surface area contributed by atoms with E-state index >= 15 is 0 Å². The minimum atomic E-state index is -5.05. The van der Waals surface area contributed by atoms with E-state index in [-0.39, 0.29) is 46.3 Å². The fraction of sp³-hybridized carbons (Fsp3) is 0.222. The standard InChI is InChI=1S/C9H11AsO5.Na/c1-7(11)6-15-9-4-2-8(3-5-9)10(12,13)14;/h2-5H,6H2,1H3,(H2,12,13,14);/q;+1/p-1. The molecule has 7 heteroatoms. The van der Waals surface area contributed by atoms with Crippen LogP contribution in [0.25, 0.3) is 0 Å². The van der Waals surface area contributed by atoms with Crippen molar-refractivity contribution in [1.29, 1.82) is 0 Å². The molecule has 1 atom stereocenters. The number of Topliss-reactive ketones (excluding diaryl/α,β-unsaturated/α-hetero) is 1. The molecular weight excluding hydrogens is 286 g/mol. The fourth-order valence-corrected chi connectivity index (χ4v) is 2.02. The van der Waals surface area contributed by atoms with Crippen molar-refractivity contribution in [3.8, 4) is 5.75 Å². The van der Waals surface area contributed by atoms with Crippen molar-refractivity contribution in [2.75, 3.05) is 6.61 Å². The van der Waals surface area contributed by atoms with E-state index < -0.39 is 14.2 Å². The summed E-state index contributed by atoms with van der Waals surface area (Å²) in [5.41, 5.74) is 0. The molecule has 16 heavy (non-hydrogen) atoms. The van der Waals surface area contributed by atoms with E-state index in [9.17, 15) is 12.6 Å². The minimum absolute atomic E-state index is 0. The summed E-state index contributed by atoms with van der Waals surface area (Å²) >= 11 is -5.05. The maximum absolute atomic E-state index is 10.8. The zero-order valence-electron chi connectivity index (χ0n) is 9.04. The van der Waals surface area contributed by atoms with Gasteiger partial charge in [-0.3, -0.25) is 0 Å². The van der Waals surface area contributed by atoms with Crippen molar-refractivity contribution in [3.05, 3.63) is 24.3 Å². The molecule has 1 N–H and O–H groups in total. The van der Waals surface area contributed by atoms with Gasteiger partial charge in [-0.05, 0) is 0 Å². The SMILES string of the molecule is CC(=O)COc1ccc([As](=O)([O-])O)cc1.[Na+]. The molecule has 1 unspecified atom stereocenters. The quantitative estimate of drug-likeness (QED) is 0.567. The van der Waals surface area contributed by atoms with E-state index in [1.165, 1.54) is 31.2 Å². The van der Waals surface area contributed by atoms with Crippen molar-refractivity contribution >= 4 is 24.3 Å². The summed E-state index contributed by atoms with van der Waals surface area (Å²) in [4.78, 5) is 10.6. The van der Waals surface area contributed by atoms with Crippen LogP contribution in [0.15, 0.2) is 24.3 Å². The van der Waals surface area contributed by atoms with Gasteiger partial charge in [-0.25, -0.2) is 0 Å². The summed E-state index contributed by atoms with van der Waals surface area (Å²) in [5.74, 6) is 0.262. The first-order chi connectivity index (χ1) is 6.89. The van der Waals surface area contributed by atoms with Gasteiger partial charge in [0.05, 0.1) is 0 Å². The Hall–Kier alpha value is -0.0316. The summed E-state index contributed by atoms with van der Waals surface area (Å²) in [5, 5.41) is 0. The van der Waals surface area contributed by atoms with Crippen LogP contribution in [0.3, 0.4) is 0 Å². The zero-order chi connectivity index (χ0) is 11.5. The predicted octanol–water partition coefficient (Wildman–Crippen LogP) is -4.41. The molecule has 0 saturated carbocycles. The number of hydrogen-bond acceptors (Lipinski definition) is 4. The van der Waals surface area contributed by atoms with E-state index in [0.29, 0.717) is 5.75 Å². The van der Waals surface area contributed by atoms with Gasteiger partial charge in [-0.2, -0.15) is 0 Å². The largest absolute Gasteiger partial charge is 1.00 e. The summed E-state index contributed by atoms with van der Waals surface area (Å²) < 4.78 is 35.2. The van der Waals surface area contributed by atoms with Crippen LogP contribution in [-0.2, 0) is 8.53 Å². The normalized spacial score (nSPS) is 13.4. The molecule has 0 spiro atoms. The fourth-order valence-electron chi connectivity index (χ4n) is 0.916. The number of hydrogen-bond donors (Lipinski definition) is 1. The van der Waals surface area contributed by atoms with Crippen LogP contribution in [0.4, 0.5) is 0 Å². The second-order valence-electron chi connectivity index (χ2n) is 3.01. The third-order valence-electron chi connectivity index (χ3n) is 1.61. The molecule has 1 aromatic carbocycles. The summed E-state index contributed by atoms with van der Waals surface area (Å²) in [7, 11) is 0. The second-order valence-corrected chi connectivity index (χ2v) is 6.27. The maximum Gasteiger partial charge on any atom is 1.00 e. The monoisotopic (exact) mass is 296 g/mol. The number of ketones is 1. The molecule has 5 nitrogen and oxygen atoms in total. The first kappa shape index (κ1) is 16.0. The number of carbonyl (C=O) groups is 1. The van der Waals surface area contributed by atoms with Crippen LogP contribution >= 0.6 is 0 Å². The Morgan fingerprint density at radius 2 is 1.94 bits per heavy atom. The predicted molar refractivity (Wildman–Crippen MR) is 50.9 cm³/mol. The van der Waals surface area contributed by atoms with Crippen LogP contribution in [0.1, 0.15) is 6.92 Å². The van der Waals surface area contributed by atoms with Gasteiger partial charge < -0.3 is 0 Å². The Balaban J connectivity index is 0.00000225. The smallest absolute Gasteiger partial charge is 1.00 e. The Morgan fingerprint density at radius 1 is 1.44 bits per heavy atom. The first-order valence-corrected chi connectivity index (χ1v) is 7.47. The van der Waals surface area contributed by atoms with Crippen LogP contribution in [0.5, 0.6) is 5.75 Å². The maximum atomic E-state index is 10.8. The molecule has 0 aliphatic carbocycles. The molecule has 0 aromatic heterocycles. The van der Waals surface area contributed by atoms with Crippen LogP contribution < -0.4 is 42.7 Å². The number of ether oxygens (including phenoxy) is 1. The summed E-state index contributed by atoms with van der Waals surface area (Å²) in [6.45, 7) is 1.33. The molecule has 0 radical (unpaired) electrons. The average molecular weight is 296 g/mol. The molecular formula is C9H10AsNaO5. The average Bonchev–Trinajstić information content (AvgIpc) is 2.14. The van der Waals surface area contributed by atoms with Gasteiger partial charge in [0.1, 0.15) is 0 Å². The Kier molecular flexibility index (Phi) is 6.63. The molecule has 0 amide bonds. The van der Waals surface area contributed by atoms with Gasteiger partial charge in [-0.15, -0.1) is 0 Å². The molecule has 1 rings (SSSR count). The van der Waals surface area contributed by atoms with Gasteiger partial charge in [0.2, 0.25) is 0 Å². The minimum Gasteiger partial charge on any atom is 1.00 e. The van der Waals surface area contributed by atoms with Gasteiger partial charge in [0.25, 0.3) is 0 Å². The van der Waals surface area contributed by atoms with Crippen molar-refractivity contribution in [2.24, 2.45) is 0 Å². The van der Waals surface area contributed by atoms with E-state index in [0.717, 1.165) is 0 Å². The van der Waals surface area contributed by atoms with Gasteiger partial charge in [0, 0.05) is 0 Å². The summed E-state index contributed by atoms with van der Waals surface area (Å²) in [6.07, 6.45) is 0. The van der Waals surface area contributed by atoms with Crippen molar-refractivity contribution in [2.45, 2.75) is 6.92 Å². The topological polar surface area (TPSA) is 86.7 Å². The van der Waals surface area contributed by atoms with E-state index in [1.54, 1.807) is 0 Å². The second kappa shape index (κ2) is 6.64. The molecule has 0 saturated heterocycles. The molecule has 0 aliphatic rings. The Morgan fingerprint density at radius 3 is 2.31 bits per heavy atom. The first-order valence-electron chi connectivity index (χ1n) is 4.16. The van der Waals surface area contributed by atoms with Gasteiger partial charge in [0.15, 0.2) is 0 Å². The van der Waals surface area contributed by atoms with Gasteiger partial charge >= 0.3 is 119 Å². The zero-order valence-corrected chi connectivity index (χ0v) is 12.9. The number of benzene rings is 1. The summed E-state index contributed by atoms with van der Waals surface area (Å²) in [6, 6.07) is 5.26. The van der Waals surface area contributed by atoms with Crippen LogP contribution in [0, 0.1) is 0 Å². The number of carbonyl (C=O) groups excluding carboxylic acids is 1.